The fourth-order valence-electron chi connectivity index (χ4n) is 4.99. The van der Waals surface area contributed by atoms with Gasteiger partial charge >= 0.3 is 6.09 Å². The smallest absolute Gasteiger partial charge is 0.435 e. The summed E-state index contributed by atoms with van der Waals surface area (Å²) in [5.41, 5.74) is 6.85. The third kappa shape index (κ3) is 5.33. The minimum atomic E-state index is -0.490. The zero-order chi connectivity index (χ0) is 25.8. The van der Waals surface area contributed by atoms with Crippen molar-refractivity contribution < 1.29 is 14.3 Å². The lowest BCUT2D eigenvalue weighted by Gasteiger charge is -2.33. The average Bonchev–Trinajstić information content (AvgIpc) is 3.37. The maximum atomic E-state index is 13.4. The molecule has 6 heteroatoms. The van der Waals surface area contributed by atoms with Gasteiger partial charge in [0.2, 0.25) is 0 Å². The van der Waals surface area contributed by atoms with Crippen molar-refractivity contribution in [1.82, 2.24) is 14.7 Å². The van der Waals surface area contributed by atoms with Crippen LogP contribution in [0.4, 0.5) is 4.79 Å². The molecule has 3 aromatic carbocycles. The van der Waals surface area contributed by atoms with Crippen LogP contribution in [0.2, 0.25) is 0 Å². The van der Waals surface area contributed by atoms with Gasteiger partial charge in [-0.05, 0) is 73.1 Å². The van der Waals surface area contributed by atoms with Crippen LogP contribution in [0.15, 0.2) is 85.1 Å². The Morgan fingerprint density at radius 3 is 2.41 bits per heavy atom. The highest BCUT2D eigenvalue weighted by atomic mass is 16.6. The molecule has 0 saturated carbocycles. The van der Waals surface area contributed by atoms with E-state index in [1.165, 1.54) is 4.68 Å². The number of hydrogen-bond acceptors (Lipinski definition) is 4. The van der Waals surface area contributed by atoms with Crippen molar-refractivity contribution in [2.24, 2.45) is 0 Å². The number of aromatic nitrogens is 2. The third-order valence-corrected chi connectivity index (χ3v) is 7.13. The highest BCUT2D eigenvalue weighted by molar-refractivity contribution is 5.95. The minimum absolute atomic E-state index is 0.0283. The van der Waals surface area contributed by atoms with E-state index in [2.05, 4.69) is 17.2 Å². The van der Waals surface area contributed by atoms with Gasteiger partial charge < -0.3 is 9.64 Å². The topological polar surface area (TPSA) is 64.4 Å². The molecule has 0 radical (unpaired) electrons. The van der Waals surface area contributed by atoms with Crippen molar-refractivity contribution >= 4 is 12.0 Å². The van der Waals surface area contributed by atoms with E-state index in [0.717, 1.165) is 46.4 Å². The van der Waals surface area contributed by atoms with Crippen molar-refractivity contribution in [3.8, 4) is 11.1 Å². The fraction of sp³-hybridized carbons (Fsp3) is 0.258. The summed E-state index contributed by atoms with van der Waals surface area (Å²) >= 11 is 0. The summed E-state index contributed by atoms with van der Waals surface area (Å²) in [5, 5.41) is 4.49. The highest BCUT2D eigenvalue weighted by Crippen LogP contribution is 2.26. The third-order valence-electron chi connectivity index (χ3n) is 7.13. The predicted octanol–water partition coefficient (Wildman–Crippen LogP) is 6.06. The zero-order valence-electron chi connectivity index (χ0n) is 21.3. The molecule has 37 heavy (non-hydrogen) atoms. The minimum Gasteiger partial charge on any atom is -0.443 e. The van der Waals surface area contributed by atoms with Crippen molar-refractivity contribution in [2.45, 2.75) is 45.8 Å². The zero-order valence-corrected chi connectivity index (χ0v) is 21.3. The second-order valence-electron chi connectivity index (χ2n) is 9.46. The largest absolute Gasteiger partial charge is 0.443 e. The Morgan fingerprint density at radius 1 is 0.973 bits per heavy atom. The van der Waals surface area contributed by atoms with Crippen molar-refractivity contribution in [2.75, 3.05) is 6.54 Å². The summed E-state index contributed by atoms with van der Waals surface area (Å²) in [7, 11) is 0. The van der Waals surface area contributed by atoms with Gasteiger partial charge in [0, 0.05) is 24.3 Å². The van der Waals surface area contributed by atoms with Gasteiger partial charge in [0.1, 0.15) is 6.61 Å². The van der Waals surface area contributed by atoms with Crippen molar-refractivity contribution in [3.05, 3.63) is 113 Å². The molecular weight excluding hydrogens is 462 g/mol. The maximum Gasteiger partial charge on any atom is 0.435 e. The standard InChI is InChI=1S/C31H31N3O3/c1-3-33(30(35)25-15-13-24(14-16-25)23-10-5-4-6-11-23)28-17-18-29-27(19-28)20-34(32-29)31(36)37-21-26-12-8-7-9-22(26)2/h4-16,20,28H,3,17-19,21H2,1-2H3. The number of fused-ring (bicyclic) bond motifs is 1. The summed E-state index contributed by atoms with van der Waals surface area (Å²) in [6.07, 6.45) is 3.46. The molecule has 1 aliphatic carbocycles. The van der Waals surface area contributed by atoms with Crippen LogP contribution < -0.4 is 0 Å². The fourth-order valence-corrected chi connectivity index (χ4v) is 4.99. The van der Waals surface area contributed by atoms with Gasteiger partial charge in [-0.2, -0.15) is 9.78 Å². The van der Waals surface area contributed by atoms with E-state index < -0.39 is 6.09 Å². The number of likely N-dealkylation sites (N-methyl/N-ethyl adjacent to an activating group) is 1. The predicted molar refractivity (Wildman–Crippen MR) is 143 cm³/mol. The van der Waals surface area contributed by atoms with E-state index in [4.69, 9.17) is 4.74 Å². The Hall–Kier alpha value is -4.19. The second-order valence-corrected chi connectivity index (χ2v) is 9.46. The van der Waals surface area contributed by atoms with Crippen LogP contribution in [-0.4, -0.2) is 39.3 Å². The van der Waals surface area contributed by atoms with Gasteiger partial charge in [-0.15, -0.1) is 0 Å². The number of nitrogens with zero attached hydrogens (tertiary/aromatic N) is 3. The van der Waals surface area contributed by atoms with E-state index in [-0.39, 0.29) is 18.6 Å². The molecule has 0 fully saturated rings. The SMILES string of the molecule is CCN(C(=O)c1ccc(-c2ccccc2)cc1)C1CCc2nn(C(=O)OCc3ccccc3C)cc2C1. The normalized spacial score (nSPS) is 14.6. The average molecular weight is 494 g/mol. The molecule has 0 spiro atoms. The van der Waals surface area contributed by atoms with Crippen LogP contribution in [-0.2, 0) is 24.2 Å². The molecule has 6 nitrogen and oxygen atoms in total. The monoisotopic (exact) mass is 493 g/mol. The van der Waals surface area contributed by atoms with Crippen molar-refractivity contribution in [3.63, 3.8) is 0 Å². The molecule has 4 aromatic rings. The first kappa shape index (κ1) is 24.5. The number of ether oxygens (including phenoxy) is 1. The molecular formula is C31H31N3O3. The van der Waals surface area contributed by atoms with Gasteiger partial charge in [-0.1, -0.05) is 66.7 Å². The van der Waals surface area contributed by atoms with Gasteiger partial charge in [0.25, 0.3) is 5.91 Å². The van der Waals surface area contributed by atoms with E-state index in [9.17, 15) is 9.59 Å². The van der Waals surface area contributed by atoms with E-state index in [1.54, 1.807) is 6.20 Å². The first-order chi connectivity index (χ1) is 18.0. The quantitative estimate of drug-likeness (QED) is 0.327. The Kier molecular flexibility index (Phi) is 7.17. The van der Waals surface area contributed by atoms with E-state index in [0.29, 0.717) is 18.5 Å². The molecule has 0 aliphatic heterocycles. The lowest BCUT2D eigenvalue weighted by Crippen LogP contribution is -2.43. The van der Waals surface area contributed by atoms with Gasteiger partial charge in [0.05, 0.1) is 5.69 Å². The number of carbonyl (C=O) groups excluding carboxylic acids is 2. The van der Waals surface area contributed by atoms with Crippen LogP contribution in [0.5, 0.6) is 0 Å². The number of rotatable bonds is 6. The lowest BCUT2D eigenvalue weighted by molar-refractivity contribution is 0.0674. The molecule has 0 bridgehead atoms. The van der Waals surface area contributed by atoms with Crippen LogP contribution in [0.1, 0.15) is 46.1 Å². The van der Waals surface area contributed by atoms with E-state index >= 15 is 0 Å². The molecule has 0 saturated heterocycles. The molecule has 188 valence electrons. The highest BCUT2D eigenvalue weighted by Gasteiger charge is 2.30. The molecule has 1 unspecified atom stereocenters. The Labute approximate surface area is 217 Å². The second kappa shape index (κ2) is 10.8. The molecule has 1 atom stereocenters. The molecule has 0 N–H and O–H groups in total. The van der Waals surface area contributed by atoms with Gasteiger partial charge in [-0.25, -0.2) is 4.79 Å². The van der Waals surface area contributed by atoms with E-state index in [1.807, 2.05) is 85.5 Å². The lowest BCUT2D eigenvalue weighted by atomic mass is 9.92. The van der Waals surface area contributed by atoms with Crippen LogP contribution in [0, 0.1) is 6.92 Å². The number of hydrogen-bond donors (Lipinski definition) is 0. The Morgan fingerprint density at radius 2 is 1.68 bits per heavy atom. The van der Waals surface area contributed by atoms with Gasteiger partial charge in [-0.3, -0.25) is 4.79 Å². The Balaban J connectivity index is 1.25. The number of carbonyl (C=O) groups is 2. The van der Waals surface area contributed by atoms with Crippen LogP contribution in [0.3, 0.4) is 0 Å². The van der Waals surface area contributed by atoms with Crippen LogP contribution in [0.25, 0.3) is 11.1 Å². The number of benzene rings is 3. The van der Waals surface area contributed by atoms with Crippen molar-refractivity contribution in [1.29, 1.82) is 0 Å². The summed E-state index contributed by atoms with van der Waals surface area (Å²) in [5.74, 6) is 0.0283. The first-order valence-corrected chi connectivity index (χ1v) is 12.8. The molecule has 1 heterocycles. The van der Waals surface area contributed by atoms with Gasteiger partial charge in [0.15, 0.2) is 0 Å². The molecule has 5 rings (SSSR count). The molecule has 1 aliphatic rings. The number of aryl methyl sites for hydroxylation is 2. The summed E-state index contributed by atoms with van der Waals surface area (Å²) in [6, 6.07) is 25.9. The summed E-state index contributed by atoms with van der Waals surface area (Å²) in [6.45, 7) is 4.83. The van der Waals surface area contributed by atoms with Crippen LogP contribution >= 0.6 is 0 Å². The first-order valence-electron chi connectivity index (χ1n) is 12.8. The summed E-state index contributed by atoms with van der Waals surface area (Å²) in [4.78, 5) is 28.0. The Bertz CT molecular complexity index is 1390. The molecule has 1 amide bonds. The molecule has 1 aromatic heterocycles. The summed E-state index contributed by atoms with van der Waals surface area (Å²) < 4.78 is 6.80. The number of amides is 1. The maximum absolute atomic E-state index is 13.4.